The van der Waals surface area contributed by atoms with E-state index < -0.39 is 10.0 Å². The van der Waals surface area contributed by atoms with E-state index in [0.717, 1.165) is 0 Å². The van der Waals surface area contributed by atoms with Gasteiger partial charge in [0.2, 0.25) is 0 Å². The lowest BCUT2D eigenvalue weighted by molar-refractivity contribution is 0.102. The molecule has 162 valence electrons. The summed E-state index contributed by atoms with van der Waals surface area (Å²) in [7, 11) is 0.613. The summed E-state index contributed by atoms with van der Waals surface area (Å²) in [5.74, 6) is 0.977. The molecule has 3 aromatic rings. The van der Waals surface area contributed by atoms with Gasteiger partial charge in [-0.15, -0.1) is 0 Å². The maximum Gasteiger partial charge on any atom is 0.262 e. The lowest BCUT2D eigenvalue weighted by atomic mass is 10.2. The molecule has 9 heteroatoms. The Labute approximate surface area is 180 Å². The Bertz CT molecular complexity index is 1150. The number of carbonyl (C=O) groups excluding carboxylic acids is 1. The molecule has 1 amide bonds. The minimum Gasteiger partial charge on any atom is -0.497 e. The summed E-state index contributed by atoms with van der Waals surface area (Å²) in [6.07, 6.45) is 0. The van der Waals surface area contributed by atoms with Gasteiger partial charge in [-0.05, 0) is 48.5 Å². The Morgan fingerprint density at radius 1 is 0.806 bits per heavy atom. The van der Waals surface area contributed by atoms with Gasteiger partial charge in [0.05, 0.1) is 31.9 Å². The largest absolute Gasteiger partial charge is 0.497 e. The molecule has 0 radical (unpaired) electrons. The molecule has 3 aromatic carbocycles. The van der Waals surface area contributed by atoms with Crippen molar-refractivity contribution in [3.8, 4) is 17.2 Å². The van der Waals surface area contributed by atoms with Crippen LogP contribution < -0.4 is 24.2 Å². The minimum atomic E-state index is -3.84. The first-order chi connectivity index (χ1) is 14.9. The molecule has 0 saturated carbocycles. The molecule has 2 N–H and O–H groups in total. The molecule has 0 spiro atoms. The molecule has 0 aromatic heterocycles. The van der Waals surface area contributed by atoms with E-state index in [4.69, 9.17) is 14.2 Å². The number of benzene rings is 3. The quantitative estimate of drug-likeness (QED) is 0.551. The summed E-state index contributed by atoms with van der Waals surface area (Å²) in [5.41, 5.74) is 1.10. The molecule has 0 heterocycles. The molecule has 0 aliphatic carbocycles. The molecular formula is C22H22N2O6S. The first-order valence-corrected chi connectivity index (χ1v) is 10.6. The molecule has 0 saturated heterocycles. The van der Waals surface area contributed by atoms with Crippen LogP contribution in [0.25, 0.3) is 0 Å². The van der Waals surface area contributed by atoms with E-state index >= 15 is 0 Å². The highest BCUT2D eigenvalue weighted by atomic mass is 32.2. The summed E-state index contributed by atoms with van der Waals surface area (Å²) in [4.78, 5) is 12.6. The number of nitrogens with one attached hydrogen (secondary N) is 2. The summed E-state index contributed by atoms with van der Waals surface area (Å²) in [6, 6.07) is 17.3. The number of methoxy groups -OCH3 is 3. The van der Waals surface area contributed by atoms with Crippen LogP contribution in [-0.4, -0.2) is 35.7 Å². The lowest BCUT2D eigenvalue weighted by Crippen LogP contribution is -2.14. The van der Waals surface area contributed by atoms with Gasteiger partial charge in [0.1, 0.15) is 17.2 Å². The molecule has 0 aliphatic heterocycles. The zero-order valence-corrected chi connectivity index (χ0v) is 18.0. The summed E-state index contributed by atoms with van der Waals surface area (Å²) in [5, 5.41) is 2.72. The second-order valence-electron chi connectivity index (χ2n) is 6.39. The molecule has 0 fully saturated rings. The Balaban J connectivity index is 1.76. The number of carbonyl (C=O) groups is 1. The van der Waals surface area contributed by atoms with Crippen molar-refractivity contribution in [3.05, 3.63) is 72.3 Å². The van der Waals surface area contributed by atoms with Crippen molar-refractivity contribution in [2.45, 2.75) is 4.90 Å². The molecule has 0 atom stereocenters. The zero-order chi connectivity index (χ0) is 22.4. The van der Waals surface area contributed by atoms with Crippen LogP contribution in [0.15, 0.2) is 71.6 Å². The monoisotopic (exact) mass is 442 g/mol. The molecule has 0 bridgehead atoms. The fraction of sp³-hybridized carbons (Fsp3) is 0.136. The third kappa shape index (κ3) is 5.26. The Kier molecular flexibility index (Phi) is 6.66. The van der Waals surface area contributed by atoms with Gasteiger partial charge in [0.15, 0.2) is 0 Å². The van der Waals surface area contributed by atoms with Crippen molar-refractivity contribution < 1.29 is 27.4 Å². The van der Waals surface area contributed by atoms with Crippen molar-refractivity contribution in [1.29, 1.82) is 0 Å². The Morgan fingerprint density at radius 3 is 2.00 bits per heavy atom. The SMILES string of the molecule is COc1cc(OC)cc(C(=O)Nc2ccc(S(=O)(=O)Nc3ccccc3OC)cc2)c1. The summed E-state index contributed by atoms with van der Waals surface area (Å²) in [6.45, 7) is 0. The van der Waals surface area contributed by atoms with Crippen LogP contribution in [0.5, 0.6) is 17.2 Å². The van der Waals surface area contributed by atoms with E-state index in [1.165, 1.54) is 45.6 Å². The number of sulfonamides is 1. The highest BCUT2D eigenvalue weighted by Crippen LogP contribution is 2.27. The normalized spacial score (nSPS) is 10.8. The predicted molar refractivity (Wildman–Crippen MR) is 118 cm³/mol. The van der Waals surface area contributed by atoms with Crippen molar-refractivity contribution in [2.75, 3.05) is 31.4 Å². The van der Waals surface area contributed by atoms with Gasteiger partial charge in [-0.2, -0.15) is 0 Å². The molecule has 0 aliphatic rings. The molecule has 0 unspecified atom stereocenters. The standard InChI is InChI=1S/C22H22N2O6S/c1-28-17-12-15(13-18(14-17)29-2)22(25)23-16-8-10-19(11-9-16)31(26,27)24-20-6-4-5-7-21(20)30-3/h4-14,24H,1-3H3,(H,23,25). The van der Waals surface area contributed by atoms with Gasteiger partial charge in [-0.1, -0.05) is 12.1 Å². The number of para-hydroxylation sites is 2. The van der Waals surface area contributed by atoms with E-state index in [2.05, 4.69) is 10.0 Å². The maximum absolute atomic E-state index is 12.7. The first kappa shape index (κ1) is 22.0. The number of amides is 1. The Hall–Kier alpha value is -3.72. The first-order valence-electron chi connectivity index (χ1n) is 9.16. The highest BCUT2D eigenvalue weighted by molar-refractivity contribution is 7.92. The van der Waals surface area contributed by atoms with Crippen LogP contribution in [0.1, 0.15) is 10.4 Å². The van der Waals surface area contributed by atoms with E-state index in [1.54, 1.807) is 42.5 Å². The van der Waals surface area contributed by atoms with Gasteiger partial charge < -0.3 is 19.5 Å². The lowest BCUT2D eigenvalue weighted by Gasteiger charge is -2.12. The molecule has 31 heavy (non-hydrogen) atoms. The topological polar surface area (TPSA) is 103 Å². The number of anilines is 2. The van der Waals surface area contributed by atoms with Crippen molar-refractivity contribution >= 4 is 27.3 Å². The zero-order valence-electron chi connectivity index (χ0n) is 17.2. The summed E-state index contributed by atoms with van der Waals surface area (Å²) >= 11 is 0. The number of hydrogen-bond donors (Lipinski definition) is 2. The van der Waals surface area contributed by atoms with Crippen molar-refractivity contribution in [2.24, 2.45) is 0 Å². The van der Waals surface area contributed by atoms with Crippen molar-refractivity contribution in [1.82, 2.24) is 0 Å². The van der Waals surface area contributed by atoms with Crippen LogP contribution in [0.2, 0.25) is 0 Å². The smallest absolute Gasteiger partial charge is 0.262 e. The number of rotatable bonds is 8. The third-order valence-electron chi connectivity index (χ3n) is 4.39. The Morgan fingerprint density at radius 2 is 1.42 bits per heavy atom. The number of hydrogen-bond acceptors (Lipinski definition) is 6. The van der Waals surface area contributed by atoms with Gasteiger partial charge >= 0.3 is 0 Å². The van der Waals surface area contributed by atoms with E-state index in [9.17, 15) is 13.2 Å². The van der Waals surface area contributed by atoms with Crippen LogP contribution >= 0.6 is 0 Å². The molecule has 8 nitrogen and oxygen atoms in total. The van der Waals surface area contributed by atoms with Crippen LogP contribution in [0.4, 0.5) is 11.4 Å². The fourth-order valence-corrected chi connectivity index (χ4v) is 3.86. The van der Waals surface area contributed by atoms with Gasteiger partial charge in [0.25, 0.3) is 15.9 Å². The average molecular weight is 442 g/mol. The van der Waals surface area contributed by atoms with Gasteiger partial charge in [-0.25, -0.2) is 8.42 Å². The minimum absolute atomic E-state index is 0.0412. The second-order valence-corrected chi connectivity index (χ2v) is 8.07. The van der Waals surface area contributed by atoms with Crippen LogP contribution in [0, 0.1) is 0 Å². The highest BCUT2D eigenvalue weighted by Gasteiger charge is 2.17. The van der Waals surface area contributed by atoms with Gasteiger partial charge in [-0.3, -0.25) is 9.52 Å². The fourth-order valence-electron chi connectivity index (χ4n) is 2.79. The van der Waals surface area contributed by atoms with E-state index in [-0.39, 0.29) is 10.8 Å². The maximum atomic E-state index is 12.7. The number of ether oxygens (including phenoxy) is 3. The van der Waals surface area contributed by atoms with Gasteiger partial charge in [0, 0.05) is 17.3 Å². The van der Waals surface area contributed by atoms with Crippen LogP contribution in [-0.2, 0) is 10.0 Å². The third-order valence-corrected chi connectivity index (χ3v) is 5.77. The van der Waals surface area contributed by atoms with Crippen LogP contribution in [0.3, 0.4) is 0 Å². The van der Waals surface area contributed by atoms with Crippen molar-refractivity contribution in [3.63, 3.8) is 0 Å². The second kappa shape index (κ2) is 9.40. The molecular weight excluding hydrogens is 420 g/mol. The average Bonchev–Trinajstić information content (AvgIpc) is 2.79. The predicted octanol–water partition coefficient (Wildman–Crippen LogP) is 3.77. The molecule has 3 rings (SSSR count). The van der Waals surface area contributed by atoms with E-state index in [1.807, 2.05) is 0 Å². The summed E-state index contributed by atoms with van der Waals surface area (Å²) < 4.78 is 43.4. The van der Waals surface area contributed by atoms with E-state index in [0.29, 0.717) is 34.2 Å².